The lowest BCUT2D eigenvalue weighted by atomic mass is 10.2. The molecule has 6 nitrogen and oxygen atoms in total. The number of rotatable bonds is 4. The number of nitrogens with zero attached hydrogens (tertiary/aromatic N) is 4. The highest BCUT2D eigenvalue weighted by molar-refractivity contribution is 5.91. The van der Waals surface area contributed by atoms with E-state index >= 15 is 0 Å². The van der Waals surface area contributed by atoms with Crippen LogP contribution in [0.4, 0.5) is 11.5 Å². The fourth-order valence-electron chi connectivity index (χ4n) is 2.62. The van der Waals surface area contributed by atoms with Crippen LogP contribution in [0.5, 0.6) is 0 Å². The molecule has 1 aliphatic rings. The number of piperazine rings is 1. The van der Waals surface area contributed by atoms with Gasteiger partial charge in [-0.1, -0.05) is 0 Å². The lowest BCUT2D eigenvalue weighted by Crippen LogP contribution is -2.45. The second kappa shape index (κ2) is 6.24. The van der Waals surface area contributed by atoms with Crippen LogP contribution >= 0.6 is 0 Å². The molecule has 0 unspecified atom stereocenters. The van der Waals surface area contributed by atoms with Crippen LogP contribution in [0.2, 0.25) is 0 Å². The van der Waals surface area contributed by atoms with E-state index in [-0.39, 0.29) is 0 Å². The van der Waals surface area contributed by atoms with Crippen molar-refractivity contribution >= 4 is 22.4 Å². The molecule has 0 spiro atoms. The first kappa shape index (κ1) is 14.0. The second-order valence-corrected chi connectivity index (χ2v) is 5.57. The van der Waals surface area contributed by atoms with Gasteiger partial charge >= 0.3 is 0 Å². The van der Waals surface area contributed by atoms with Gasteiger partial charge in [0.25, 0.3) is 0 Å². The Morgan fingerprint density at radius 2 is 2.00 bits per heavy atom. The zero-order valence-corrected chi connectivity index (χ0v) is 12.4. The Bertz CT molecular complexity index is 606. The van der Waals surface area contributed by atoms with E-state index in [1.807, 2.05) is 18.2 Å². The van der Waals surface area contributed by atoms with Gasteiger partial charge in [0.2, 0.25) is 0 Å². The Balaban J connectivity index is 1.61. The molecular weight excluding hydrogens is 264 g/mol. The number of nitrogens with one attached hydrogen (secondary N) is 1. The number of anilines is 2. The highest BCUT2D eigenvalue weighted by Gasteiger charge is 2.13. The predicted octanol–water partition coefficient (Wildman–Crippen LogP) is 0.871. The maximum atomic E-state index is 5.86. The smallest absolute Gasteiger partial charge is 0.137 e. The largest absolute Gasteiger partial charge is 0.399 e. The van der Waals surface area contributed by atoms with Gasteiger partial charge in [-0.3, -0.25) is 4.90 Å². The zero-order valence-electron chi connectivity index (χ0n) is 12.4. The number of benzene rings is 1. The summed E-state index contributed by atoms with van der Waals surface area (Å²) in [6.45, 7) is 6.47. The first-order valence-electron chi connectivity index (χ1n) is 7.37. The second-order valence-electron chi connectivity index (χ2n) is 5.57. The number of hydrogen-bond acceptors (Lipinski definition) is 6. The van der Waals surface area contributed by atoms with E-state index in [1.165, 1.54) is 0 Å². The summed E-state index contributed by atoms with van der Waals surface area (Å²) in [5.74, 6) is 0.862. The van der Waals surface area contributed by atoms with Gasteiger partial charge in [-0.2, -0.15) is 0 Å². The minimum atomic E-state index is 0.736. The van der Waals surface area contributed by atoms with Crippen LogP contribution < -0.4 is 11.1 Å². The van der Waals surface area contributed by atoms with Crippen molar-refractivity contribution in [3.8, 4) is 0 Å². The molecule has 1 aliphatic heterocycles. The Labute approximate surface area is 125 Å². The molecule has 3 N–H and O–H groups in total. The minimum absolute atomic E-state index is 0.736. The monoisotopic (exact) mass is 286 g/mol. The number of fused-ring (bicyclic) bond motifs is 1. The van der Waals surface area contributed by atoms with E-state index in [4.69, 9.17) is 5.73 Å². The lowest BCUT2D eigenvalue weighted by Gasteiger charge is -2.32. The fraction of sp³-hybridized carbons (Fsp3) is 0.467. The average Bonchev–Trinajstić information content (AvgIpc) is 2.50. The van der Waals surface area contributed by atoms with E-state index in [0.29, 0.717) is 0 Å². The van der Waals surface area contributed by atoms with E-state index < -0.39 is 0 Å². The standard InChI is InChI=1S/C15H22N6/c1-20-6-8-21(9-7-20)5-4-17-15-13-10-12(16)2-3-14(13)18-11-19-15/h2-3,10-11H,4-9,16H2,1H3,(H,17,18,19). The third kappa shape index (κ3) is 3.40. The summed E-state index contributed by atoms with van der Waals surface area (Å²) in [6.07, 6.45) is 1.59. The predicted molar refractivity (Wildman–Crippen MR) is 86.4 cm³/mol. The van der Waals surface area contributed by atoms with Crippen LogP contribution in [0.25, 0.3) is 10.9 Å². The van der Waals surface area contributed by atoms with Crippen molar-refractivity contribution in [1.29, 1.82) is 0 Å². The van der Waals surface area contributed by atoms with Crippen LogP contribution in [-0.4, -0.2) is 66.1 Å². The first-order valence-corrected chi connectivity index (χ1v) is 7.37. The van der Waals surface area contributed by atoms with Crippen molar-refractivity contribution in [2.75, 3.05) is 57.4 Å². The molecule has 2 aromatic rings. The number of hydrogen-bond donors (Lipinski definition) is 2. The molecule has 1 aromatic carbocycles. The van der Waals surface area contributed by atoms with Gasteiger partial charge in [-0.25, -0.2) is 9.97 Å². The van der Waals surface area contributed by atoms with Crippen LogP contribution in [0.15, 0.2) is 24.5 Å². The summed E-state index contributed by atoms with van der Waals surface area (Å²) in [5, 5.41) is 4.39. The highest BCUT2D eigenvalue weighted by atomic mass is 15.2. The summed E-state index contributed by atoms with van der Waals surface area (Å²) < 4.78 is 0. The topological polar surface area (TPSA) is 70.3 Å². The van der Waals surface area contributed by atoms with Crippen molar-refractivity contribution in [1.82, 2.24) is 19.8 Å². The Hall–Kier alpha value is -1.92. The van der Waals surface area contributed by atoms with Gasteiger partial charge in [-0.05, 0) is 25.2 Å². The molecule has 3 rings (SSSR count). The quantitative estimate of drug-likeness (QED) is 0.813. The highest BCUT2D eigenvalue weighted by Crippen LogP contribution is 2.21. The molecule has 0 amide bonds. The summed E-state index contributed by atoms with van der Waals surface area (Å²) >= 11 is 0. The van der Waals surface area contributed by atoms with Crippen LogP contribution in [0.1, 0.15) is 0 Å². The van der Waals surface area contributed by atoms with Crippen LogP contribution in [-0.2, 0) is 0 Å². The molecule has 0 atom stereocenters. The van der Waals surface area contributed by atoms with Gasteiger partial charge in [-0.15, -0.1) is 0 Å². The fourth-order valence-corrected chi connectivity index (χ4v) is 2.62. The van der Waals surface area contributed by atoms with Crippen LogP contribution in [0.3, 0.4) is 0 Å². The first-order chi connectivity index (χ1) is 10.2. The van der Waals surface area contributed by atoms with Crippen molar-refractivity contribution in [2.45, 2.75) is 0 Å². The van der Waals surface area contributed by atoms with E-state index in [2.05, 4.69) is 32.1 Å². The van der Waals surface area contributed by atoms with Crippen molar-refractivity contribution in [3.63, 3.8) is 0 Å². The Kier molecular flexibility index (Phi) is 4.17. The molecular formula is C15H22N6. The van der Waals surface area contributed by atoms with Gasteiger partial charge in [0.1, 0.15) is 12.1 Å². The molecule has 6 heteroatoms. The zero-order chi connectivity index (χ0) is 14.7. The van der Waals surface area contributed by atoms with Gasteiger partial charge in [0.15, 0.2) is 0 Å². The maximum absolute atomic E-state index is 5.86. The minimum Gasteiger partial charge on any atom is -0.399 e. The average molecular weight is 286 g/mol. The third-order valence-electron chi connectivity index (χ3n) is 3.98. The third-order valence-corrected chi connectivity index (χ3v) is 3.98. The van der Waals surface area contributed by atoms with E-state index in [0.717, 1.165) is 61.7 Å². The lowest BCUT2D eigenvalue weighted by molar-refractivity contribution is 0.158. The molecule has 1 saturated heterocycles. The Morgan fingerprint density at radius 1 is 1.19 bits per heavy atom. The molecule has 1 aromatic heterocycles. The molecule has 2 heterocycles. The Morgan fingerprint density at radius 3 is 2.81 bits per heavy atom. The molecule has 112 valence electrons. The number of aromatic nitrogens is 2. The molecule has 0 bridgehead atoms. The SMILES string of the molecule is CN1CCN(CCNc2ncnc3ccc(N)cc23)CC1. The molecule has 1 fully saturated rings. The van der Waals surface area contributed by atoms with Crippen molar-refractivity contribution in [2.24, 2.45) is 0 Å². The number of likely N-dealkylation sites (N-methyl/N-ethyl adjacent to an activating group) is 1. The molecule has 0 aliphatic carbocycles. The number of nitrogens with two attached hydrogens (primary N) is 1. The van der Waals surface area contributed by atoms with E-state index in [1.54, 1.807) is 6.33 Å². The van der Waals surface area contributed by atoms with Gasteiger partial charge in [0.05, 0.1) is 5.52 Å². The van der Waals surface area contributed by atoms with Gasteiger partial charge in [0, 0.05) is 50.3 Å². The summed E-state index contributed by atoms with van der Waals surface area (Å²) in [4.78, 5) is 13.4. The van der Waals surface area contributed by atoms with Gasteiger partial charge < -0.3 is 16.0 Å². The molecule has 0 radical (unpaired) electrons. The molecule has 0 saturated carbocycles. The number of nitrogen functional groups attached to an aromatic ring is 1. The summed E-state index contributed by atoms with van der Waals surface area (Å²) in [7, 11) is 2.17. The van der Waals surface area contributed by atoms with Crippen molar-refractivity contribution < 1.29 is 0 Å². The molecule has 21 heavy (non-hydrogen) atoms. The normalized spacial score (nSPS) is 17.2. The van der Waals surface area contributed by atoms with E-state index in [9.17, 15) is 0 Å². The van der Waals surface area contributed by atoms with Crippen LogP contribution in [0, 0.1) is 0 Å². The maximum Gasteiger partial charge on any atom is 0.137 e. The van der Waals surface area contributed by atoms with Crippen molar-refractivity contribution in [3.05, 3.63) is 24.5 Å². The summed E-state index contributed by atoms with van der Waals surface area (Å²) in [6, 6.07) is 5.72. The summed E-state index contributed by atoms with van der Waals surface area (Å²) in [5.41, 5.74) is 7.51.